The van der Waals surface area contributed by atoms with Gasteiger partial charge in [-0.2, -0.15) is 0 Å². The van der Waals surface area contributed by atoms with E-state index in [4.69, 9.17) is 21.1 Å². The van der Waals surface area contributed by atoms with Crippen molar-refractivity contribution in [3.8, 4) is 11.5 Å². The van der Waals surface area contributed by atoms with Crippen molar-refractivity contribution in [3.63, 3.8) is 0 Å². The van der Waals surface area contributed by atoms with Crippen LogP contribution in [-0.2, 0) is 14.8 Å². The molecule has 0 heterocycles. The van der Waals surface area contributed by atoms with Gasteiger partial charge in [-0.1, -0.05) is 23.7 Å². The lowest BCUT2D eigenvalue weighted by Gasteiger charge is -2.22. The minimum atomic E-state index is -3.48. The van der Waals surface area contributed by atoms with E-state index in [-0.39, 0.29) is 31.6 Å². The smallest absolute Gasteiger partial charge is 0.232 e. The molecular formula is C22H29ClN2O5S. The summed E-state index contributed by atoms with van der Waals surface area (Å²) in [6, 6.07) is 14.0. The quantitative estimate of drug-likeness (QED) is 0.478. The second kappa shape index (κ2) is 11.8. The number of anilines is 1. The van der Waals surface area contributed by atoms with Crippen LogP contribution in [0.25, 0.3) is 0 Å². The number of ether oxygens (including phenoxy) is 2. The first kappa shape index (κ1) is 24.8. The Morgan fingerprint density at radius 3 is 2.42 bits per heavy atom. The third-order valence-electron chi connectivity index (χ3n) is 4.18. The molecule has 0 fully saturated rings. The molecule has 1 amide bonds. The number of halogens is 1. The first-order valence-corrected chi connectivity index (χ1v) is 12.3. The van der Waals surface area contributed by atoms with Gasteiger partial charge in [0.05, 0.1) is 29.6 Å². The second-order valence-electron chi connectivity index (χ2n) is 7.23. The first-order valence-electron chi connectivity index (χ1n) is 10.1. The van der Waals surface area contributed by atoms with E-state index in [0.717, 1.165) is 6.26 Å². The maximum atomic E-state index is 12.2. The summed E-state index contributed by atoms with van der Waals surface area (Å²) >= 11 is 6.01. The molecule has 2 aromatic rings. The summed E-state index contributed by atoms with van der Waals surface area (Å²) in [5.41, 5.74) is 0.534. The summed E-state index contributed by atoms with van der Waals surface area (Å²) < 4.78 is 36.8. The fraction of sp³-hybridized carbons (Fsp3) is 0.409. The van der Waals surface area contributed by atoms with E-state index in [9.17, 15) is 13.2 Å². The van der Waals surface area contributed by atoms with Crippen LogP contribution in [0.2, 0.25) is 5.02 Å². The van der Waals surface area contributed by atoms with Gasteiger partial charge in [-0.25, -0.2) is 8.42 Å². The topological polar surface area (TPSA) is 84.9 Å². The summed E-state index contributed by atoms with van der Waals surface area (Å²) in [6.45, 7) is 4.66. The Morgan fingerprint density at radius 1 is 1.13 bits per heavy atom. The van der Waals surface area contributed by atoms with Gasteiger partial charge >= 0.3 is 0 Å². The van der Waals surface area contributed by atoms with Crippen molar-refractivity contribution in [3.05, 3.63) is 53.6 Å². The molecule has 7 nitrogen and oxygen atoms in total. The molecule has 1 N–H and O–H groups in total. The Balaban J connectivity index is 1.79. The minimum Gasteiger partial charge on any atom is -0.491 e. The molecule has 0 saturated carbocycles. The summed E-state index contributed by atoms with van der Waals surface area (Å²) in [6.07, 6.45) is 1.77. The number of hydrogen-bond acceptors (Lipinski definition) is 5. The third-order valence-corrected chi connectivity index (χ3v) is 5.69. The van der Waals surface area contributed by atoms with Crippen LogP contribution in [0.5, 0.6) is 11.5 Å². The van der Waals surface area contributed by atoms with Gasteiger partial charge in [-0.15, -0.1) is 0 Å². The fourth-order valence-corrected chi connectivity index (χ4v) is 3.99. The fourth-order valence-electron chi connectivity index (χ4n) is 2.83. The highest BCUT2D eigenvalue weighted by atomic mass is 35.5. The molecule has 0 spiro atoms. The molecule has 0 bridgehead atoms. The summed E-state index contributed by atoms with van der Waals surface area (Å²) in [5, 5.41) is 3.27. The Kier molecular flexibility index (Phi) is 9.45. The van der Waals surface area contributed by atoms with Gasteiger partial charge in [0.1, 0.15) is 18.1 Å². The van der Waals surface area contributed by atoms with E-state index >= 15 is 0 Å². The number of amides is 1. The number of sulfonamides is 1. The summed E-state index contributed by atoms with van der Waals surface area (Å²) in [4.78, 5) is 12.1. The third kappa shape index (κ3) is 8.67. The zero-order valence-electron chi connectivity index (χ0n) is 18.0. The van der Waals surface area contributed by atoms with Crippen LogP contribution in [0.15, 0.2) is 48.5 Å². The zero-order chi connectivity index (χ0) is 22.9. The van der Waals surface area contributed by atoms with Crippen LogP contribution in [0.3, 0.4) is 0 Å². The molecule has 0 aliphatic rings. The van der Waals surface area contributed by atoms with Crippen molar-refractivity contribution < 1.29 is 22.7 Å². The maximum absolute atomic E-state index is 12.2. The molecule has 0 saturated heterocycles. The molecule has 9 heteroatoms. The van der Waals surface area contributed by atoms with Crippen molar-refractivity contribution in [2.24, 2.45) is 0 Å². The largest absolute Gasteiger partial charge is 0.491 e. The van der Waals surface area contributed by atoms with Crippen molar-refractivity contribution in [2.75, 3.05) is 30.3 Å². The van der Waals surface area contributed by atoms with Gasteiger partial charge in [0.15, 0.2) is 0 Å². The van der Waals surface area contributed by atoms with E-state index in [1.807, 2.05) is 26.0 Å². The van der Waals surface area contributed by atoms with E-state index < -0.39 is 10.0 Å². The van der Waals surface area contributed by atoms with Gasteiger partial charge in [0, 0.05) is 13.0 Å². The van der Waals surface area contributed by atoms with Crippen molar-refractivity contribution >= 4 is 33.2 Å². The van der Waals surface area contributed by atoms with Crippen LogP contribution in [0.1, 0.15) is 26.7 Å². The van der Waals surface area contributed by atoms with E-state index in [1.165, 1.54) is 4.31 Å². The molecule has 0 aliphatic heterocycles. The average molecular weight is 469 g/mol. The number of benzene rings is 2. The Bertz CT molecular complexity index is 949. The van der Waals surface area contributed by atoms with Crippen LogP contribution in [0.4, 0.5) is 5.69 Å². The molecule has 2 aromatic carbocycles. The highest BCUT2D eigenvalue weighted by molar-refractivity contribution is 7.92. The number of rotatable bonds is 12. The minimum absolute atomic E-state index is 0.0328. The van der Waals surface area contributed by atoms with Gasteiger partial charge < -0.3 is 14.8 Å². The molecule has 0 aromatic heterocycles. The van der Waals surface area contributed by atoms with E-state index in [1.54, 1.807) is 36.4 Å². The van der Waals surface area contributed by atoms with Crippen molar-refractivity contribution in [1.82, 2.24) is 5.32 Å². The lowest BCUT2D eigenvalue weighted by molar-refractivity contribution is -0.121. The summed E-state index contributed by atoms with van der Waals surface area (Å²) in [7, 11) is -3.48. The van der Waals surface area contributed by atoms with E-state index in [0.29, 0.717) is 35.2 Å². The normalized spacial score (nSPS) is 11.3. The van der Waals surface area contributed by atoms with Crippen LogP contribution in [0, 0.1) is 0 Å². The Hall–Kier alpha value is -2.45. The number of nitrogens with zero attached hydrogens (tertiary/aromatic N) is 1. The second-order valence-corrected chi connectivity index (χ2v) is 9.54. The predicted molar refractivity (Wildman–Crippen MR) is 124 cm³/mol. The van der Waals surface area contributed by atoms with E-state index in [2.05, 4.69) is 5.32 Å². The highest BCUT2D eigenvalue weighted by Crippen LogP contribution is 2.23. The SMILES string of the molecule is CC(C)Oc1ccc(N(CCCC(=O)NCCOc2ccccc2Cl)S(C)(=O)=O)cc1. The Labute approximate surface area is 189 Å². The van der Waals surface area contributed by atoms with Gasteiger partial charge in [0.25, 0.3) is 0 Å². The van der Waals surface area contributed by atoms with Crippen molar-refractivity contribution in [1.29, 1.82) is 0 Å². The molecule has 31 heavy (non-hydrogen) atoms. The van der Waals surface area contributed by atoms with Gasteiger partial charge in [-0.05, 0) is 56.7 Å². The Morgan fingerprint density at radius 2 is 1.81 bits per heavy atom. The molecule has 0 aliphatic carbocycles. The first-order chi connectivity index (χ1) is 14.7. The molecule has 2 rings (SSSR count). The van der Waals surface area contributed by atoms with Crippen LogP contribution in [-0.4, -0.2) is 46.4 Å². The molecule has 0 atom stereocenters. The molecule has 0 radical (unpaired) electrons. The number of carbonyl (C=O) groups excluding carboxylic acids is 1. The lowest BCUT2D eigenvalue weighted by Crippen LogP contribution is -2.32. The molecule has 0 unspecified atom stereocenters. The maximum Gasteiger partial charge on any atom is 0.232 e. The van der Waals surface area contributed by atoms with Crippen molar-refractivity contribution in [2.45, 2.75) is 32.8 Å². The summed E-state index contributed by atoms with van der Waals surface area (Å²) in [5.74, 6) is 1.06. The monoisotopic (exact) mass is 468 g/mol. The standard InChI is InChI=1S/C22H29ClN2O5S/c1-17(2)30-19-12-10-18(11-13-19)25(31(3,27)28)15-6-9-22(26)24-14-16-29-21-8-5-4-7-20(21)23/h4-5,7-8,10-13,17H,6,9,14-16H2,1-3H3,(H,24,26). The molecule has 170 valence electrons. The number of carbonyl (C=O) groups is 1. The van der Waals surface area contributed by atoms with Gasteiger partial charge in [-0.3, -0.25) is 9.10 Å². The van der Waals surface area contributed by atoms with Gasteiger partial charge in [0.2, 0.25) is 15.9 Å². The van der Waals surface area contributed by atoms with Crippen LogP contribution >= 0.6 is 11.6 Å². The lowest BCUT2D eigenvalue weighted by atomic mass is 10.2. The highest BCUT2D eigenvalue weighted by Gasteiger charge is 2.17. The number of hydrogen-bond donors (Lipinski definition) is 1. The average Bonchev–Trinajstić information content (AvgIpc) is 2.69. The van der Waals surface area contributed by atoms with Crippen LogP contribution < -0.4 is 19.1 Å². The number of para-hydroxylation sites is 1. The predicted octanol–water partition coefficient (Wildman–Crippen LogP) is 3.87. The zero-order valence-corrected chi connectivity index (χ0v) is 19.6. The molecular weight excluding hydrogens is 440 g/mol. The number of nitrogens with one attached hydrogen (secondary N) is 1.